The average molecular weight is 155 g/mol. The minimum absolute atomic E-state index is 0.338. The number of hydrogen-bond acceptors (Lipinski definition) is 2. The van der Waals surface area contributed by atoms with Crippen molar-refractivity contribution in [3.63, 3.8) is 0 Å². The molecule has 64 valence electrons. The highest BCUT2D eigenvalue weighted by atomic mass is 16.5. The van der Waals surface area contributed by atoms with Gasteiger partial charge in [-0.05, 0) is 20.9 Å². The summed E-state index contributed by atoms with van der Waals surface area (Å²) in [6.45, 7) is 6.12. The van der Waals surface area contributed by atoms with Crippen molar-refractivity contribution in [1.29, 1.82) is 0 Å². The normalized spacial score (nSPS) is 34.8. The number of hydrogen-bond donors (Lipinski definition) is 0. The third-order valence-electron chi connectivity index (χ3n) is 2.39. The summed E-state index contributed by atoms with van der Waals surface area (Å²) >= 11 is 0. The lowest BCUT2D eigenvalue weighted by molar-refractivity contribution is 0.0238. The third kappa shape index (κ3) is 2.31. The Hall–Kier alpha value is -0.340. The molecule has 2 unspecified atom stereocenters. The molecule has 0 aromatic heterocycles. The molecule has 2 atom stereocenters. The van der Waals surface area contributed by atoms with Crippen LogP contribution in [0.2, 0.25) is 0 Å². The molecule has 0 amide bonds. The highest BCUT2D eigenvalue weighted by molar-refractivity contribution is 4.89. The topological polar surface area (TPSA) is 12.5 Å². The van der Waals surface area contributed by atoms with Crippen LogP contribution in [0.3, 0.4) is 0 Å². The smallest absolute Gasteiger partial charge is 0.0703 e. The quantitative estimate of drug-likeness (QED) is 0.489. The van der Waals surface area contributed by atoms with E-state index in [1.807, 2.05) is 0 Å². The van der Waals surface area contributed by atoms with Gasteiger partial charge in [0.05, 0.1) is 12.7 Å². The van der Waals surface area contributed by atoms with Gasteiger partial charge in [-0.1, -0.05) is 12.2 Å². The van der Waals surface area contributed by atoms with Gasteiger partial charge >= 0.3 is 0 Å². The molecule has 0 bridgehead atoms. The monoisotopic (exact) mass is 155 g/mol. The lowest BCUT2D eigenvalue weighted by Gasteiger charge is -2.30. The molecule has 0 fully saturated rings. The van der Waals surface area contributed by atoms with Gasteiger partial charge in [-0.2, -0.15) is 0 Å². The van der Waals surface area contributed by atoms with E-state index in [4.69, 9.17) is 4.74 Å². The second-order valence-electron chi connectivity index (χ2n) is 3.19. The van der Waals surface area contributed by atoms with Gasteiger partial charge in [-0.15, -0.1) is 0 Å². The van der Waals surface area contributed by atoms with Crippen LogP contribution in [-0.2, 0) is 4.74 Å². The summed E-state index contributed by atoms with van der Waals surface area (Å²) in [6.07, 6.45) is 4.58. The Labute approximate surface area is 68.8 Å². The summed E-state index contributed by atoms with van der Waals surface area (Å²) in [4.78, 5) is 2.29. The van der Waals surface area contributed by atoms with Crippen molar-refractivity contribution < 1.29 is 4.74 Å². The summed E-state index contributed by atoms with van der Waals surface area (Å²) in [6, 6.07) is 0.514. The van der Waals surface area contributed by atoms with Gasteiger partial charge < -0.3 is 4.74 Å². The third-order valence-corrected chi connectivity index (χ3v) is 2.39. The summed E-state index contributed by atoms with van der Waals surface area (Å²) in [7, 11) is 2.13. The van der Waals surface area contributed by atoms with Crippen molar-refractivity contribution in [3.8, 4) is 0 Å². The van der Waals surface area contributed by atoms with Crippen LogP contribution in [0, 0.1) is 0 Å². The fourth-order valence-corrected chi connectivity index (χ4v) is 1.18. The van der Waals surface area contributed by atoms with Gasteiger partial charge in [0.25, 0.3) is 0 Å². The van der Waals surface area contributed by atoms with Gasteiger partial charge in [-0.25, -0.2) is 0 Å². The van der Waals surface area contributed by atoms with E-state index in [0.717, 1.165) is 13.2 Å². The van der Waals surface area contributed by atoms with Gasteiger partial charge in [-0.3, -0.25) is 4.90 Å². The second-order valence-corrected chi connectivity index (χ2v) is 3.19. The average Bonchev–Trinajstić information content (AvgIpc) is 2.00. The molecule has 0 aliphatic carbocycles. The first-order valence-electron chi connectivity index (χ1n) is 4.18. The molecular weight excluding hydrogens is 138 g/mol. The zero-order valence-corrected chi connectivity index (χ0v) is 7.58. The number of ether oxygens (including phenoxy) is 1. The van der Waals surface area contributed by atoms with Crippen LogP contribution in [0.5, 0.6) is 0 Å². The van der Waals surface area contributed by atoms with E-state index in [9.17, 15) is 0 Å². The van der Waals surface area contributed by atoms with Crippen molar-refractivity contribution in [3.05, 3.63) is 12.2 Å². The molecule has 0 saturated heterocycles. The van der Waals surface area contributed by atoms with E-state index >= 15 is 0 Å². The standard InChI is InChI=1S/C9H17NO/c1-8-9(2)11-7-5-4-6-10(8)3/h4-5,8-9H,6-7H2,1-3H3. The second kappa shape index (κ2) is 3.88. The summed E-state index contributed by atoms with van der Waals surface area (Å²) < 4.78 is 5.54. The zero-order chi connectivity index (χ0) is 8.27. The molecule has 0 spiro atoms. The Balaban J connectivity index is 2.54. The van der Waals surface area contributed by atoms with E-state index in [0.29, 0.717) is 12.1 Å². The Morgan fingerprint density at radius 3 is 2.82 bits per heavy atom. The first-order valence-corrected chi connectivity index (χ1v) is 4.18. The highest BCUT2D eigenvalue weighted by Crippen LogP contribution is 2.07. The van der Waals surface area contributed by atoms with E-state index < -0.39 is 0 Å². The van der Waals surface area contributed by atoms with Crippen LogP contribution in [0.4, 0.5) is 0 Å². The predicted molar refractivity (Wildman–Crippen MR) is 46.6 cm³/mol. The minimum atomic E-state index is 0.338. The Kier molecular flexibility index (Phi) is 3.09. The molecular formula is C9H17NO. The van der Waals surface area contributed by atoms with Crippen LogP contribution < -0.4 is 0 Å². The lowest BCUT2D eigenvalue weighted by atomic mass is 10.2. The molecule has 2 heteroatoms. The summed E-state index contributed by atoms with van der Waals surface area (Å²) in [5, 5.41) is 0. The lowest BCUT2D eigenvalue weighted by Crippen LogP contribution is -2.39. The van der Waals surface area contributed by atoms with Gasteiger partial charge in [0.2, 0.25) is 0 Å². The molecule has 1 rings (SSSR count). The molecule has 0 aromatic carbocycles. The van der Waals surface area contributed by atoms with Crippen molar-refractivity contribution in [2.75, 3.05) is 20.2 Å². The Bertz CT molecular complexity index is 144. The van der Waals surface area contributed by atoms with Crippen LogP contribution in [0.15, 0.2) is 12.2 Å². The van der Waals surface area contributed by atoms with E-state index in [1.54, 1.807) is 0 Å². The molecule has 0 saturated carbocycles. The van der Waals surface area contributed by atoms with Crippen molar-refractivity contribution in [2.45, 2.75) is 26.0 Å². The van der Waals surface area contributed by atoms with Gasteiger partial charge in [0.15, 0.2) is 0 Å². The molecule has 2 nitrogen and oxygen atoms in total. The fraction of sp³-hybridized carbons (Fsp3) is 0.778. The van der Waals surface area contributed by atoms with Crippen LogP contribution >= 0.6 is 0 Å². The SMILES string of the molecule is CC1OCC=CCN(C)C1C. The first kappa shape index (κ1) is 8.75. The van der Waals surface area contributed by atoms with E-state index in [2.05, 4.69) is 37.9 Å². The Morgan fingerprint density at radius 2 is 2.09 bits per heavy atom. The Morgan fingerprint density at radius 1 is 1.36 bits per heavy atom. The fourth-order valence-electron chi connectivity index (χ4n) is 1.18. The summed E-state index contributed by atoms with van der Waals surface area (Å²) in [5.41, 5.74) is 0. The predicted octanol–water partition coefficient (Wildman–Crippen LogP) is 1.28. The van der Waals surface area contributed by atoms with Crippen molar-refractivity contribution in [2.24, 2.45) is 0 Å². The first-order chi connectivity index (χ1) is 5.22. The summed E-state index contributed by atoms with van der Waals surface area (Å²) in [5.74, 6) is 0. The molecule has 11 heavy (non-hydrogen) atoms. The number of nitrogens with zero attached hydrogens (tertiary/aromatic N) is 1. The van der Waals surface area contributed by atoms with Crippen molar-refractivity contribution >= 4 is 0 Å². The van der Waals surface area contributed by atoms with Gasteiger partial charge in [0, 0.05) is 12.6 Å². The maximum atomic E-state index is 5.54. The van der Waals surface area contributed by atoms with Crippen LogP contribution in [-0.4, -0.2) is 37.2 Å². The molecule has 0 N–H and O–H groups in total. The zero-order valence-electron chi connectivity index (χ0n) is 7.58. The molecule has 1 aliphatic rings. The maximum Gasteiger partial charge on any atom is 0.0703 e. The number of rotatable bonds is 0. The largest absolute Gasteiger partial charge is 0.373 e. The van der Waals surface area contributed by atoms with Crippen LogP contribution in [0.25, 0.3) is 0 Å². The molecule has 0 radical (unpaired) electrons. The van der Waals surface area contributed by atoms with Crippen LogP contribution in [0.1, 0.15) is 13.8 Å². The van der Waals surface area contributed by atoms with Gasteiger partial charge in [0.1, 0.15) is 0 Å². The number of likely N-dealkylation sites (N-methyl/N-ethyl adjacent to an activating group) is 1. The maximum absolute atomic E-state index is 5.54. The van der Waals surface area contributed by atoms with Crippen molar-refractivity contribution in [1.82, 2.24) is 4.90 Å². The highest BCUT2D eigenvalue weighted by Gasteiger charge is 2.16. The molecule has 0 aromatic rings. The molecule has 1 aliphatic heterocycles. The minimum Gasteiger partial charge on any atom is -0.373 e. The molecule has 1 heterocycles. The van der Waals surface area contributed by atoms with E-state index in [-0.39, 0.29) is 0 Å². The van der Waals surface area contributed by atoms with E-state index in [1.165, 1.54) is 0 Å².